The molecule has 0 aromatic heterocycles. The summed E-state index contributed by atoms with van der Waals surface area (Å²) in [6.45, 7) is 5.86. The van der Waals surface area contributed by atoms with Gasteiger partial charge in [0, 0.05) is 13.1 Å². The fourth-order valence-corrected chi connectivity index (χ4v) is 5.07. The highest BCUT2D eigenvalue weighted by molar-refractivity contribution is 5.86. The molecule has 2 aliphatic heterocycles. The van der Waals surface area contributed by atoms with Gasteiger partial charge in [0.25, 0.3) is 6.73 Å². The van der Waals surface area contributed by atoms with Gasteiger partial charge in [-0.05, 0) is 35.6 Å². The predicted octanol–water partition coefficient (Wildman–Crippen LogP) is 4.81. The monoisotopic (exact) mass is 484 g/mol. The minimum absolute atomic E-state index is 0.0502. The van der Waals surface area contributed by atoms with E-state index in [1.807, 2.05) is 53.2 Å². The van der Waals surface area contributed by atoms with Crippen molar-refractivity contribution in [1.29, 1.82) is 0 Å². The van der Waals surface area contributed by atoms with E-state index < -0.39 is 0 Å². The first-order chi connectivity index (χ1) is 17.7. The number of hydrogen-bond donors (Lipinski definition) is 0. The van der Waals surface area contributed by atoms with Gasteiger partial charge < -0.3 is 9.47 Å². The zero-order valence-corrected chi connectivity index (χ0v) is 20.9. The number of carbonyl (C=O) groups is 1. The SMILES string of the molecule is Cc1ccccc1CCN1CC2=[N+](COCc3ccccc3)N(C(=O)OCc3ccccc3)C(C2)C1. The molecule has 1 saturated heterocycles. The molecule has 6 heteroatoms. The molecule has 3 aromatic rings. The third-order valence-electron chi connectivity index (χ3n) is 6.99. The molecular weight excluding hydrogens is 450 g/mol. The maximum absolute atomic E-state index is 13.3. The molecule has 2 bridgehead atoms. The van der Waals surface area contributed by atoms with E-state index in [0.717, 1.165) is 43.6 Å². The number of amides is 1. The number of likely N-dealkylation sites (tertiary alicyclic amines) is 1. The third-order valence-corrected chi connectivity index (χ3v) is 6.99. The molecule has 1 atom stereocenters. The fraction of sp³-hybridized carbons (Fsp3) is 0.333. The molecule has 0 radical (unpaired) electrons. The van der Waals surface area contributed by atoms with Crippen molar-refractivity contribution in [1.82, 2.24) is 9.91 Å². The van der Waals surface area contributed by atoms with Crippen LogP contribution in [0.15, 0.2) is 84.9 Å². The van der Waals surface area contributed by atoms with Gasteiger partial charge in [0.15, 0.2) is 0 Å². The number of nitrogens with zero attached hydrogens (tertiary/aromatic N) is 3. The Labute approximate surface area is 213 Å². The fourth-order valence-electron chi connectivity index (χ4n) is 5.07. The molecule has 186 valence electrons. The van der Waals surface area contributed by atoms with Crippen LogP contribution in [-0.2, 0) is 29.1 Å². The molecule has 0 saturated carbocycles. The Morgan fingerprint density at radius 2 is 1.58 bits per heavy atom. The summed E-state index contributed by atoms with van der Waals surface area (Å²) in [6, 6.07) is 28.5. The highest BCUT2D eigenvalue weighted by Gasteiger charge is 2.48. The summed E-state index contributed by atoms with van der Waals surface area (Å²) in [4.78, 5) is 15.8. The molecule has 1 fully saturated rings. The summed E-state index contributed by atoms with van der Waals surface area (Å²) < 4.78 is 13.8. The molecule has 0 N–H and O–H groups in total. The van der Waals surface area contributed by atoms with Gasteiger partial charge in [-0.15, -0.1) is 0 Å². The Balaban J connectivity index is 1.27. The topological polar surface area (TPSA) is 45.0 Å². The van der Waals surface area contributed by atoms with E-state index in [9.17, 15) is 4.79 Å². The minimum Gasteiger partial charge on any atom is -0.441 e. The Hall–Kier alpha value is -3.48. The first-order valence-electron chi connectivity index (χ1n) is 12.7. The van der Waals surface area contributed by atoms with Gasteiger partial charge in [-0.2, -0.15) is 0 Å². The van der Waals surface area contributed by atoms with E-state index in [1.54, 1.807) is 5.01 Å². The van der Waals surface area contributed by atoms with Crippen molar-refractivity contribution in [2.24, 2.45) is 0 Å². The highest BCUT2D eigenvalue weighted by Crippen LogP contribution is 2.24. The second kappa shape index (κ2) is 11.5. The predicted molar refractivity (Wildman–Crippen MR) is 140 cm³/mol. The van der Waals surface area contributed by atoms with Gasteiger partial charge >= 0.3 is 6.09 Å². The van der Waals surface area contributed by atoms with Crippen LogP contribution in [0.2, 0.25) is 0 Å². The summed E-state index contributed by atoms with van der Waals surface area (Å²) in [5.74, 6) is 0. The molecule has 36 heavy (non-hydrogen) atoms. The van der Waals surface area contributed by atoms with Crippen molar-refractivity contribution in [2.75, 3.05) is 26.4 Å². The first-order valence-corrected chi connectivity index (χ1v) is 12.7. The molecule has 2 aliphatic rings. The van der Waals surface area contributed by atoms with Crippen LogP contribution in [-0.4, -0.2) is 58.8 Å². The largest absolute Gasteiger partial charge is 0.463 e. The molecule has 1 unspecified atom stereocenters. The smallest absolute Gasteiger partial charge is 0.441 e. The number of ether oxygens (including phenoxy) is 2. The third kappa shape index (κ3) is 5.83. The van der Waals surface area contributed by atoms with Gasteiger partial charge in [0.1, 0.15) is 12.6 Å². The highest BCUT2D eigenvalue weighted by atomic mass is 16.6. The summed E-state index contributed by atoms with van der Waals surface area (Å²) >= 11 is 0. The molecule has 3 aromatic carbocycles. The van der Waals surface area contributed by atoms with Crippen LogP contribution in [0.4, 0.5) is 4.79 Å². The summed E-state index contributed by atoms with van der Waals surface area (Å²) in [7, 11) is 0. The van der Waals surface area contributed by atoms with Crippen LogP contribution in [0.5, 0.6) is 0 Å². The number of fused-ring (bicyclic) bond motifs is 2. The Morgan fingerprint density at radius 3 is 2.31 bits per heavy atom. The zero-order valence-electron chi connectivity index (χ0n) is 20.9. The number of hydrazine groups is 1. The average Bonchev–Trinajstić information content (AvgIpc) is 3.17. The van der Waals surface area contributed by atoms with E-state index in [4.69, 9.17) is 9.47 Å². The number of hydrazone groups is 1. The van der Waals surface area contributed by atoms with Gasteiger partial charge in [-0.3, -0.25) is 4.90 Å². The van der Waals surface area contributed by atoms with E-state index >= 15 is 0 Å². The van der Waals surface area contributed by atoms with Crippen molar-refractivity contribution < 1.29 is 19.0 Å². The summed E-state index contributed by atoms with van der Waals surface area (Å²) in [6.07, 6.45) is 1.54. The summed E-state index contributed by atoms with van der Waals surface area (Å²) in [5, 5.41) is 1.79. The maximum atomic E-state index is 13.3. The number of hydrogen-bond acceptors (Lipinski definition) is 4. The molecule has 6 nitrogen and oxygen atoms in total. The van der Waals surface area contributed by atoms with Crippen LogP contribution in [0.3, 0.4) is 0 Å². The Kier molecular flexibility index (Phi) is 7.74. The molecule has 5 rings (SSSR count). The van der Waals surface area contributed by atoms with E-state index in [-0.39, 0.29) is 18.7 Å². The Bertz CT molecular complexity index is 1200. The second-order valence-electron chi connectivity index (χ2n) is 9.58. The number of aryl methyl sites for hydroxylation is 1. The Morgan fingerprint density at radius 1 is 0.917 bits per heavy atom. The van der Waals surface area contributed by atoms with Crippen LogP contribution in [0, 0.1) is 6.92 Å². The molecule has 1 amide bonds. The number of carbonyl (C=O) groups excluding carboxylic acids is 1. The standard InChI is InChI=1S/C30H34N3O3/c1-24-10-8-9-15-27(24)16-17-31-19-28-18-29(20-31)33(30(34)36-22-26-13-6-3-7-14-26)32(28)23-35-21-25-11-4-2-5-12-25/h2-15,29H,16-23H2,1H3/q+1. The van der Waals surface area contributed by atoms with E-state index in [0.29, 0.717) is 13.3 Å². The quantitative estimate of drug-likeness (QED) is 0.409. The van der Waals surface area contributed by atoms with Gasteiger partial charge in [0.05, 0.1) is 19.6 Å². The van der Waals surface area contributed by atoms with Gasteiger partial charge in [-0.1, -0.05) is 94.6 Å². The maximum Gasteiger partial charge on any atom is 0.463 e. The average molecular weight is 485 g/mol. The molecular formula is C30H34N3O3+. The van der Waals surface area contributed by atoms with Crippen LogP contribution in [0.1, 0.15) is 28.7 Å². The molecule has 0 spiro atoms. The minimum atomic E-state index is -0.317. The van der Waals surface area contributed by atoms with Crippen LogP contribution >= 0.6 is 0 Å². The van der Waals surface area contributed by atoms with E-state index in [1.165, 1.54) is 16.8 Å². The van der Waals surface area contributed by atoms with Gasteiger partial charge in [-0.25, -0.2) is 4.79 Å². The van der Waals surface area contributed by atoms with Gasteiger partial charge in [0.2, 0.25) is 5.71 Å². The number of rotatable bonds is 9. The van der Waals surface area contributed by atoms with Crippen LogP contribution < -0.4 is 0 Å². The number of piperidine rings is 1. The van der Waals surface area contributed by atoms with Crippen molar-refractivity contribution in [2.45, 2.75) is 39.0 Å². The lowest BCUT2D eigenvalue weighted by Gasteiger charge is -2.27. The van der Waals surface area contributed by atoms with Crippen molar-refractivity contribution in [3.05, 3.63) is 107 Å². The molecule has 0 aliphatic carbocycles. The summed E-state index contributed by atoms with van der Waals surface area (Å²) in [5.41, 5.74) is 6.01. The van der Waals surface area contributed by atoms with Crippen LogP contribution in [0.25, 0.3) is 0 Å². The lowest BCUT2D eigenvalue weighted by Crippen LogP contribution is -2.48. The molecule has 2 heterocycles. The second-order valence-corrected chi connectivity index (χ2v) is 9.58. The van der Waals surface area contributed by atoms with Crippen molar-refractivity contribution in [3.8, 4) is 0 Å². The lowest BCUT2D eigenvalue weighted by atomic mass is 10.0. The van der Waals surface area contributed by atoms with Crippen molar-refractivity contribution in [3.63, 3.8) is 0 Å². The first kappa shape index (κ1) is 24.2. The van der Waals surface area contributed by atoms with E-state index in [2.05, 4.69) is 48.2 Å². The number of benzene rings is 3. The van der Waals surface area contributed by atoms with Crippen molar-refractivity contribution >= 4 is 11.8 Å². The lowest BCUT2D eigenvalue weighted by molar-refractivity contribution is -0.696. The normalized spacial score (nSPS) is 17.5. The zero-order chi connectivity index (χ0) is 24.7.